The molecule has 2 aromatic heterocycles. The van der Waals surface area contributed by atoms with Crippen molar-refractivity contribution in [2.45, 2.75) is 59.2 Å². The molecule has 2 aliphatic heterocycles. The van der Waals surface area contributed by atoms with E-state index in [9.17, 15) is 4.79 Å². The third kappa shape index (κ3) is 3.05. The molecule has 140 valence electrons. The Morgan fingerprint density at radius 1 is 1.31 bits per heavy atom. The summed E-state index contributed by atoms with van der Waals surface area (Å²) < 4.78 is 8.07. The maximum Gasteiger partial charge on any atom is 0.290 e. The highest BCUT2D eigenvalue weighted by Gasteiger charge is 2.30. The molecule has 0 unspecified atom stereocenters. The maximum atomic E-state index is 13.0. The van der Waals surface area contributed by atoms with E-state index in [1.165, 1.54) is 12.8 Å². The van der Waals surface area contributed by atoms with E-state index in [-0.39, 0.29) is 11.9 Å². The molecule has 1 amide bonds. The van der Waals surface area contributed by atoms with Crippen molar-refractivity contribution in [3.8, 4) is 0 Å². The van der Waals surface area contributed by atoms with E-state index in [2.05, 4.69) is 33.5 Å². The Kier molecular flexibility index (Phi) is 4.56. The van der Waals surface area contributed by atoms with Crippen LogP contribution in [0.1, 0.15) is 66.3 Å². The monoisotopic (exact) mass is 357 g/mol. The molecule has 1 saturated heterocycles. The molecule has 4 rings (SSSR count). The van der Waals surface area contributed by atoms with Gasteiger partial charge >= 0.3 is 0 Å². The molecule has 2 aliphatic rings. The first kappa shape index (κ1) is 17.3. The highest BCUT2D eigenvalue weighted by molar-refractivity contribution is 5.91. The number of hydrogen-bond donors (Lipinski definition) is 0. The SMILES string of the molecule is CCc1oc(C(=O)N2Cc3nnc(C)n3[C@H](C)C2)cc1CN1CCCC1. The van der Waals surface area contributed by atoms with Crippen LogP contribution in [0.4, 0.5) is 0 Å². The highest BCUT2D eigenvalue weighted by atomic mass is 16.4. The van der Waals surface area contributed by atoms with Gasteiger partial charge in [-0.3, -0.25) is 9.69 Å². The number of carbonyl (C=O) groups excluding carboxylic acids is 1. The Morgan fingerprint density at radius 2 is 2.08 bits per heavy atom. The average Bonchev–Trinajstić information content (AvgIpc) is 3.35. The van der Waals surface area contributed by atoms with Gasteiger partial charge < -0.3 is 13.9 Å². The van der Waals surface area contributed by atoms with Gasteiger partial charge in [-0.2, -0.15) is 0 Å². The average molecular weight is 357 g/mol. The molecule has 0 radical (unpaired) electrons. The summed E-state index contributed by atoms with van der Waals surface area (Å²) in [6.45, 7) is 10.4. The Hall–Kier alpha value is -2.15. The molecule has 2 aromatic rings. The normalized spacial score (nSPS) is 20.6. The number of aromatic nitrogens is 3. The van der Waals surface area contributed by atoms with Gasteiger partial charge in [-0.05, 0) is 45.8 Å². The smallest absolute Gasteiger partial charge is 0.290 e. The Bertz CT molecular complexity index is 803. The Balaban J connectivity index is 1.54. The molecule has 7 heteroatoms. The second kappa shape index (κ2) is 6.87. The van der Waals surface area contributed by atoms with Crippen LogP contribution in [0, 0.1) is 6.92 Å². The van der Waals surface area contributed by atoms with E-state index in [1.807, 2.05) is 17.9 Å². The van der Waals surface area contributed by atoms with Gasteiger partial charge in [0.1, 0.15) is 11.6 Å². The fraction of sp³-hybridized carbons (Fsp3) is 0.632. The second-order valence-corrected chi connectivity index (χ2v) is 7.46. The van der Waals surface area contributed by atoms with Crippen molar-refractivity contribution in [3.63, 3.8) is 0 Å². The van der Waals surface area contributed by atoms with Crippen molar-refractivity contribution in [3.05, 3.63) is 34.8 Å². The lowest BCUT2D eigenvalue weighted by atomic mass is 10.1. The van der Waals surface area contributed by atoms with Crippen molar-refractivity contribution < 1.29 is 9.21 Å². The number of amides is 1. The van der Waals surface area contributed by atoms with Gasteiger partial charge in [0.2, 0.25) is 0 Å². The quantitative estimate of drug-likeness (QED) is 0.841. The first-order valence-electron chi connectivity index (χ1n) is 9.60. The van der Waals surface area contributed by atoms with Gasteiger partial charge in [-0.25, -0.2) is 0 Å². The first-order valence-corrected chi connectivity index (χ1v) is 9.60. The number of rotatable bonds is 4. The van der Waals surface area contributed by atoms with Crippen molar-refractivity contribution in [1.29, 1.82) is 0 Å². The van der Waals surface area contributed by atoms with E-state index < -0.39 is 0 Å². The third-order valence-corrected chi connectivity index (χ3v) is 5.50. The number of nitrogens with zero attached hydrogens (tertiary/aromatic N) is 5. The van der Waals surface area contributed by atoms with Crippen molar-refractivity contribution >= 4 is 5.91 Å². The molecule has 0 saturated carbocycles. The predicted octanol–water partition coefficient (Wildman–Crippen LogP) is 2.55. The summed E-state index contributed by atoms with van der Waals surface area (Å²) in [5.41, 5.74) is 1.15. The number of furan rings is 1. The number of aryl methyl sites for hydroxylation is 2. The van der Waals surface area contributed by atoms with Crippen LogP contribution >= 0.6 is 0 Å². The van der Waals surface area contributed by atoms with Crippen LogP contribution < -0.4 is 0 Å². The van der Waals surface area contributed by atoms with Gasteiger partial charge in [0.05, 0.1) is 12.6 Å². The van der Waals surface area contributed by atoms with Crippen LogP contribution in [0.5, 0.6) is 0 Å². The van der Waals surface area contributed by atoms with Gasteiger partial charge in [0, 0.05) is 25.1 Å². The maximum absolute atomic E-state index is 13.0. The fourth-order valence-corrected chi connectivity index (χ4v) is 4.23. The summed E-state index contributed by atoms with van der Waals surface area (Å²) in [5, 5.41) is 8.37. The number of likely N-dealkylation sites (tertiary alicyclic amines) is 1. The molecule has 7 nitrogen and oxygen atoms in total. The molecule has 1 fully saturated rings. The van der Waals surface area contributed by atoms with Gasteiger partial charge in [-0.1, -0.05) is 6.92 Å². The highest BCUT2D eigenvalue weighted by Crippen LogP contribution is 2.25. The molecular formula is C19H27N5O2. The van der Waals surface area contributed by atoms with E-state index >= 15 is 0 Å². The minimum atomic E-state index is -0.0499. The van der Waals surface area contributed by atoms with Crippen LogP contribution in [0.2, 0.25) is 0 Å². The molecule has 0 bridgehead atoms. The lowest BCUT2D eigenvalue weighted by Crippen LogP contribution is -2.40. The number of fused-ring (bicyclic) bond motifs is 1. The minimum absolute atomic E-state index is 0.0499. The molecule has 0 spiro atoms. The molecule has 0 N–H and O–H groups in total. The van der Waals surface area contributed by atoms with E-state index in [1.54, 1.807) is 0 Å². The van der Waals surface area contributed by atoms with Crippen LogP contribution in [-0.4, -0.2) is 50.1 Å². The molecule has 0 aliphatic carbocycles. The Labute approximate surface area is 154 Å². The standard InChI is InChI=1S/C19H27N5O2/c1-4-16-15(11-22-7-5-6-8-22)9-17(26-16)19(25)23-10-13(2)24-14(3)20-21-18(24)12-23/h9,13H,4-8,10-12H2,1-3H3/t13-/m1/s1. The lowest BCUT2D eigenvalue weighted by Gasteiger charge is -2.31. The van der Waals surface area contributed by atoms with Crippen LogP contribution in [0.3, 0.4) is 0 Å². The van der Waals surface area contributed by atoms with Crippen molar-refractivity contribution in [1.82, 2.24) is 24.6 Å². The van der Waals surface area contributed by atoms with Crippen LogP contribution in [0.15, 0.2) is 10.5 Å². The molecule has 26 heavy (non-hydrogen) atoms. The van der Waals surface area contributed by atoms with Gasteiger partial charge in [0.25, 0.3) is 5.91 Å². The van der Waals surface area contributed by atoms with E-state index in [0.717, 1.165) is 49.0 Å². The summed E-state index contributed by atoms with van der Waals surface area (Å²) >= 11 is 0. The zero-order valence-electron chi connectivity index (χ0n) is 15.9. The Morgan fingerprint density at radius 3 is 2.81 bits per heavy atom. The van der Waals surface area contributed by atoms with Crippen LogP contribution in [0.25, 0.3) is 0 Å². The van der Waals surface area contributed by atoms with Crippen molar-refractivity contribution in [2.75, 3.05) is 19.6 Å². The number of hydrogen-bond acceptors (Lipinski definition) is 5. The second-order valence-electron chi connectivity index (χ2n) is 7.46. The van der Waals surface area contributed by atoms with E-state index in [4.69, 9.17) is 4.42 Å². The minimum Gasteiger partial charge on any atom is -0.456 e. The third-order valence-electron chi connectivity index (χ3n) is 5.50. The predicted molar refractivity (Wildman–Crippen MR) is 96.8 cm³/mol. The summed E-state index contributed by atoms with van der Waals surface area (Å²) in [7, 11) is 0. The molecule has 4 heterocycles. The summed E-state index contributed by atoms with van der Waals surface area (Å²) in [6, 6.07) is 2.12. The summed E-state index contributed by atoms with van der Waals surface area (Å²) in [6.07, 6.45) is 3.33. The molecule has 0 aromatic carbocycles. The first-order chi connectivity index (χ1) is 12.6. The van der Waals surface area contributed by atoms with Crippen LogP contribution in [-0.2, 0) is 19.5 Å². The van der Waals surface area contributed by atoms with Crippen molar-refractivity contribution in [2.24, 2.45) is 0 Å². The van der Waals surface area contributed by atoms with Gasteiger partial charge in [-0.15, -0.1) is 10.2 Å². The molecular weight excluding hydrogens is 330 g/mol. The zero-order chi connectivity index (χ0) is 18.3. The van der Waals surface area contributed by atoms with Gasteiger partial charge in [0.15, 0.2) is 11.6 Å². The van der Waals surface area contributed by atoms with E-state index in [0.29, 0.717) is 18.8 Å². The zero-order valence-corrected chi connectivity index (χ0v) is 15.9. The fourth-order valence-electron chi connectivity index (χ4n) is 4.23. The molecule has 1 atom stereocenters. The lowest BCUT2D eigenvalue weighted by molar-refractivity contribution is 0.0646. The number of carbonyl (C=O) groups is 1. The topological polar surface area (TPSA) is 67.4 Å². The largest absolute Gasteiger partial charge is 0.456 e. The summed E-state index contributed by atoms with van der Waals surface area (Å²) in [5.74, 6) is 3.08. The summed E-state index contributed by atoms with van der Waals surface area (Å²) in [4.78, 5) is 17.3.